The van der Waals surface area contributed by atoms with Crippen molar-refractivity contribution in [1.82, 2.24) is 4.90 Å². The second-order valence-electron chi connectivity index (χ2n) is 3.68. The molecule has 1 saturated heterocycles. The Bertz CT molecular complexity index is 219. The van der Waals surface area contributed by atoms with Crippen molar-refractivity contribution in [3.63, 3.8) is 0 Å². The predicted molar refractivity (Wildman–Crippen MR) is 51.4 cm³/mol. The number of allylic oxidation sites excluding steroid dienone is 1. The van der Waals surface area contributed by atoms with Crippen molar-refractivity contribution in [3.05, 3.63) is 11.6 Å². The van der Waals surface area contributed by atoms with Crippen LogP contribution in [0.1, 0.15) is 20.8 Å². The van der Waals surface area contributed by atoms with E-state index in [1.165, 1.54) is 0 Å². The maximum absolute atomic E-state index is 11.6. The van der Waals surface area contributed by atoms with Gasteiger partial charge in [0.15, 0.2) is 0 Å². The van der Waals surface area contributed by atoms with Gasteiger partial charge >= 0.3 is 0 Å². The van der Waals surface area contributed by atoms with Crippen LogP contribution in [-0.2, 0) is 9.53 Å². The second-order valence-corrected chi connectivity index (χ2v) is 3.68. The number of hydrogen-bond donors (Lipinski definition) is 0. The van der Waals surface area contributed by atoms with Gasteiger partial charge in [-0.15, -0.1) is 0 Å². The third-order valence-corrected chi connectivity index (χ3v) is 2.06. The van der Waals surface area contributed by atoms with Crippen molar-refractivity contribution in [2.24, 2.45) is 0 Å². The van der Waals surface area contributed by atoms with Gasteiger partial charge in [0.25, 0.3) is 0 Å². The van der Waals surface area contributed by atoms with E-state index in [9.17, 15) is 4.79 Å². The van der Waals surface area contributed by atoms with E-state index in [4.69, 9.17) is 4.74 Å². The van der Waals surface area contributed by atoms with Crippen molar-refractivity contribution in [2.45, 2.75) is 26.8 Å². The number of morpholine rings is 1. The lowest BCUT2D eigenvalue weighted by Crippen LogP contribution is -2.46. The molecule has 0 radical (unpaired) electrons. The van der Waals surface area contributed by atoms with Crippen LogP contribution in [0.15, 0.2) is 11.6 Å². The van der Waals surface area contributed by atoms with Crippen molar-refractivity contribution in [2.75, 3.05) is 19.8 Å². The van der Waals surface area contributed by atoms with E-state index in [0.29, 0.717) is 19.8 Å². The molecule has 1 unspecified atom stereocenters. The third-order valence-electron chi connectivity index (χ3n) is 2.06. The molecule has 1 rings (SSSR count). The van der Waals surface area contributed by atoms with Crippen LogP contribution in [0.2, 0.25) is 0 Å². The maximum atomic E-state index is 11.6. The minimum Gasteiger partial charge on any atom is -0.377 e. The van der Waals surface area contributed by atoms with Gasteiger partial charge in [0.2, 0.25) is 5.91 Å². The molecule has 13 heavy (non-hydrogen) atoms. The Labute approximate surface area is 79.4 Å². The molecule has 1 atom stereocenters. The molecule has 0 aliphatic carbocycles. The number of nitrogens with zero attached hydrogens (tertiary/aromatic N) is 1. The largest absolute Gasteiger partial charge is 0.377 e. The molecule has 1 fully saturated rings. The number of carbonyl (C=O) groups excluding carboxylic acids is 1. The normalized spacial score (nSPS) is 22.7. The van der Waals surface area contributed by atoms with Gasteiger partial charge in [-0.25, -0.2) is 0 Å². The Balaban J connectivity index is 2.59. The van der Waals surface area contributed by atoms with E-state index in [1.807, 2.05) is 25.7 Å². The lowest BCUT2D eigenvalue weighted by Gasteiger charge is -2.32. The number of amides is 1. The molecule has 0 spiro atoms. The van der Waals surface area contributed by atoms with Crippen LogP contribution in [0.3, 0.4) is 0 Å². The summed E-state index contributed by atoms with van der Waals surface area (Å²) in [6.07, 6.45) is 1.68. The Hall–Kier alpha value is -0.830. The lowest BCUT2D eigenvalue weighted by molar-refractivity contribution is -0.133. The SMILES string of the molecule is CC(C)=CC(=O)N1CCOCC1C. The summed E-state index contributed by atoms with van der Waals surface area (Å²) in [6.45, 7) is 7.90. The van der Waals surface area contributed by atoms with Crippen LogP contribution in [0.4, 0.5) is 0 Å². The van der Waals surface area contributed by atoms with Gasteiger partial charge in [-0.2, -0.15) is 0 Å². The van der Waals surface area contributed by atoms with Crippen LogP contribution in [-0.4, -0.2) is 36.6 Å². The summed E-state index contributed by atoms with van der Waals surface area (Å²) >= 11 is 0. The zero-order valence-electron chi connectivity index (χ0n) is 8.54. The Morgan fingerprint density at radius 2 is 2.23 bits per heavy atom. The molecular weight excluding hydrogens is 166 g/mol. The molecule has 0 aromatic carbocycles. The fourth-order valence-electron chi connectivity index (χ4n) is 1.38. The molecule has 0 bridgehead atoms. The zero-order chi connectivity index (χ0) is 9.84. The number of rotatable bonds is 1. The summed E-state index contributed by atoms with van der Waals surface area (Å²) in [4.78, 5) is 13.5. The average molecular weight is 183 g/mol. The highest BCUT2D eigenvalue weighted by Crippen LogP contribution is 2.07. The van der Waals surface area contributed by atoms with Gasteiger partial charge in [-0.05, 0) is 20.8 Å². The highest BCUT2D eigenvalue weighted by atomic mass is 16.5. The fraction of sp³-hybridized carbons (Fsp3) is 0.700. The quantitative estimate of drug-likeness (QED) is 0.572. The van der Waals surface area contributed by atoms with Gasteiger partial charge < -0.3 is 9.64 Å². The molecule has 0 saturated carbocycles. The fourth-order valence-corrected chi connectivity index (χ4v) is 1.38. The highest BCUT2D eigenvalue weighted by Gasteiger charge is 2.21. The first-order chi connectivity index (χ1) is 6.11. The molecule has 3 nitrogen and oxygen atoms in total. The van der Waals surface area contributed by atoms with Crippen molar-refractivity contribution >= 4 is 5.91 Å². The van der Waals surface area contributed by atoms with E-state index in [-0.39, 0.29) is 11.9 Å². The monoisotopic (exact) mass is 183 g/mol. The molecule has 1 amide bonds. The summed E-state index contributed by atoms with van der Waals surface area (Å²) in [6, 6.07) is 0.205. The number of carbonyl (C=O) groups is 1. The van der Waals surface area contributed by atoms with Gasteiger partial charge in [-0.1, -0.05) is 5.57 Å². The highest BCUT2D eigenvalue weighted by molar-refractivity contribution is 5.88. The van der Waals surface area contributed by atoms with E-state index in [2.05, 4.69) is 0 Å². The molecule has 74 valence electrons. The van der Waals surface area contributed by atoms with E-state index < -0.39 is 0 Å². The number of ether oxygens (including phenoxy) is 1. The van der Waals surface area contributed by atoms with E-state index in [0.717, 1.165) is 5.57 Å². The Morgan fingerprint density at radius 1 is 1.54 bits per heavy atom. The minimum atomic E-state index is 0.107. The van der Waals surface area contributed by atoms with Gasteiger partial charge in [0.05, 0.1) is 19.3 Å². The molecule has 1 heterocycles. The Kier molecular flexibility index (Phi) is 3.48. The summed E-state index contributed by atoms with van der Waals surface area (Å²) in [5, 5.41) is 0. The molecule has 3 heteroatoms. The molecule has 0 N–H and O–H groups in total. The Morgan fingerprint density at radius 3 is 2.77 bits per heavy atom. The second kappa shape index (κ2) is 4.42. The third kappa shape index (κ3) is 2.84. The van der Waals surface area contributed by atoms with Gasteiger partial charge in [0.1, 0.15) is 0 Å². The molecule has 0 aromatic heterocycles. The van der Waals surface area contributed by atoms with Crippen molar-refractivity contribution in [3.8, 4) is 0 Å². The molecule has 1 aliphatic heterocycles. The average Bonchev–Trinajstić information content (AvgIpc) is 2.03. The molecular formula is C10H17NO2. The van der Waals surface area contributed by atoms with E-state index >= 15 is 0 Å². The first-order valence-electron chi connectivity index (χ1n) is 4.64. The summed E-state index contributed by atoms with van der Waals surface area (Å²) in [5.41, 5.74) is 1.05. The predicted octanol–water partition coefficient (Wildman–Crippen LogP) is 1.20. The van der Waals surface area contributed by atoms with Crippen LogP contribution < -0.4 is 0 Å². The lowest BCUT2D eigenvalue weighted by atomic mass is 10.2. The van der Waals surface area contributed by atoms with Crippen LogP contribution in [0.5, 0.6) is 0 Å². The zero-order valence-corrected chi connectivity index (χ0v) is 8.54. The van der Waals surface area contributed by atoms with Crippen LogP contribution >= 0.6 is 0 Å². The summed E-state index contributed by atoms with van der Waals surface area (Å²) in [5.74, 6) is 0.107. The van der Waals surface area contributed by atoms with Crippen LogP contribution in [0.25, 0.3) is 0 Å². The van der Waals surface area contributed by atoms with Crippen LogP contribution in [0, 0.1) is 0 Å². The van der Waals surface area contributed by atoms with Gasteiger partial charge in [-0.3, -0.25) is 4.79 Å². The van der Waals surface area contributed by atoms with Gasteiger partial charge in [0, 0.05) is 12.6 Å². The van der Waals surface area contributed by atoms with E-state index in [1.54, 1.807) is 6.08 Å². The minimum absolute atomic E-state index is 0.107. The smallest absolute Gasteiger partial charge is 0.246 e. The molecule has 0 aromatic rings. The summed E-state index contributed by atoms with van der Waals surface area (Å²) < 4.78 is 5.25. The van der Waals surface area contributed by atoms with Crippen molar-refractivity contribution in [1.29, 1.82) is 0 Å². The topological polar surface area (TPSA) is 29.5 Å². The first-order valence-corrected chi connectivity index (χ1v) is 4.64. The standard InChI is InChI=1S/C10H17NO2/c1-8(2)6-10(12)11-4-5-13-7-9(11)3/h6,9H,4-5,7H2,1-3H3. The van der Waals surface area contributed by atoms with Crippen molar-refractivity contribution < 1.29 is 9.53 Å². The maximum Gasteiger partial charge on any atom is 0.246 e. The first kappa shape index (κ1) is 10.3. The number of hydrogen-bond acceptors (Lipinski definition) is 2. The summed E-state index contributed by atoms with van der Waals surface area (Å²) in [7, 11) is 0. The molecule has 1 aliphatic rings.